The molecule has 0 unspecified atom stereocenters. The van der Waals surface area contributed by atoms with Gasteiger partial charge >= 0.3 is 0 Å². The van der Waals surface area contributed by atoms with Crippen molar-refractivity contribution in [3.8, 4) is 5.75 Å². The number of halogens is 2. The molecule has 0 amide bonds. The van der Waals surface area contributed by atoms with E-state index in [1.807, 2.05) is 0 Å². The van der Waals surface area contributed by atoms with Crippen molar-refractivity contribution in [3.05, 3.63) is 22.7 Å². The van der Waals surface area contributed by atoms with Crippen molar-refractivity contribution in [3.63, 3.8) is 0 Å². The number of hydrogen-bond donors (Lipinski definition) is 0. The fraction of sp³-hybridized carbons (Fsp3) is 0.222. The Bertz CT molecular complexity index is 565. The summed E-state index contributed by atoms with van der Waals surface area (Å²) >= 11 is 5.74. The lowest BCUT2D eigenvalue weighted by molar-refractivity contribution is 0.0933. The fourth-order valence-corrected chi connectivity index (χ4v) is 2.96. The second-order valence-corrected chi connectivity index (χ2v) is 6.18. The van der Waals surface area contributed by atoms with Gasteiger partial charge in [0.1, 0.15) is 10.6 Å². The first kappa shape index (κ1) is 11.7. The Morgan fingerprint density at radius 2 is 2.00 bits per heavy atom. The smallest absolute Gasteiger partial charge is 0.262 e. The van der Waals surface area contributed by atoms with Crippen molar-refractivity contribution in [1.29, 1.82) is 0 Å². The molecule has 1 aliphatic rings. The van der Waals surface area contributed by atoms with Gasteiger partial charge in [-0.2, -0.15) is 0 Å². The van der Waals surface area contributed by atoms with Crippen molar-refractivity contribution in [1.82, 2.24) is 0 Å². The van der Waals surface area contributed by atoms with E-state index in [9.17, 15) is 13.2 Å². The Morgan fingerprint density at radius 3 is 2.62 bits per heavy atom. The number of Topliss-reactive ketones (excluding diaryl/α,β-unsaturated/α-hetero) is 1. The number of carbonyl (C=O) groups excluding carboxylic acids is 1. The molecule has 0 radical (unpaired) electrons. The zero-order valence-electron chi connectivity index (χ0n) is 7.87. The van der Waals surface area contributed by atoms with Gasteiger partial charge < -0.3 is 4.74 Å². The molecule has 1 aromatic rings. The van der Waals surface area contributed by atoms with Gasteiger partial charge in [0.15, 0.2) is 5.78 Å². The summed E-state index contributed by atoms with van der Waals surface area (Å²) in [5, 5.41) is -0.0524. The van der Waals surface area contributed by atoms with Crippen LogP contribution < -0.4 is 4.74 Å². The van der Waals surface area contributed by atoms with Crippen LogP contribution in [-0.4, -0.2) is 20.8 Å². The molecule has 7 heteroatoms. The first-order valence-electron chi connectivity index (χ1n) is 4.34. The van der Waals surface area contributed by atoms with E-state index < -0.39 is 9.05 Å². The van der Waals surface area contributed by atoms with E-state index >= 15 is 0 Å². The molecule has 16 heavy (non-hydrogen) atoms. The fourth-order valence-electron chi connectivity index (χ4n) is 1.45. The molecule has 0 N–H and O–H groups in total. The van der Waals surface area contributed by atoms with E-state index in [4.69, 9.17) is 27.0 Å². The van der Waals surface area contributed by atoms with Gasteiger partial charge in [-0.1, -0.05) is 11.6 Å². The minimum atomic E-state index is -3.96. The molecule has 0 aromatic heterocycles. The molecule has 2 rings (SSSR count). The predicted octanol–water partition coefficient (Wildman–Crippen LogP) is 2.23. The van der Waals surface area contributed by atoms with Gasteiger partial charge in [0.2, 0.25) is 0 Å². The number of ether oxygens (including phenoxy) is 1. The quantitative estimate of drug-likeness (QED) is 0.741. The van der Waals surface area contributed by atoms with Crippen LogP contribution in [0.3, 0.4) is 0 Å². The monoisotopic (exact) mass is 280 g/mol. The molecule has 0 spiro atoms. The molecular weight excluding hydrogens is 275 g/mol. The number of hydrogen-bond acceptors (Lipinski definition) is 4. The van der Waals surface area contributed by atoms with E-state index in [2.05, 4.69) is 0 Å². The summed E-state index contributed by atoms with van der Waals surface area (Å²) < 4.78 is 27.5. The Kier molecular flexibility index (Phi) is 2.86. The van der Waals surface area contributed by atoms with Gasteiger partial charge in [-0.25, -0.2) is 8.42 Å². The van der Waals surface area contributed by atoms with Crippen molar-refractivity contribution >= 4 is 37.1 Å². The maximum absolute atomic E-state index is 11.5. The summed E-state index contributed by atoms with van der Waals surface area (Å²) in [6, 6.07) is 2.45. The highest BCUT2D eigenvalue weighted by Crippen LogP contribution is 2.34. The molecule has 0 saturated carbocycles. The van der Waals surface area contributed by atoms with Crippen molar-refractivity contribution in [2.75, 3.05) is 6.61 Å². The number of rotatable bonds is 1. The zero-order valence-corrected chi connectivity index (χ0v) is 10.2. The van der Waals surface area contributed by atoms with Gasteiger partial charge in [-0.05, 0) is 6.07 Å². The van der Waals surface area contributed by atoms with Crippen LogP contribution in [0.4, 0.5) is 0 Å². The maximum Gasteiger partial charge on any atom is 0.262 e. The third-order valence-corrected chi connectivity index (χ3v) is 3.97. The second kappa shape index (κ2) is 3.91. The first-order valence-corrected chi connectivity index (χ1v) is 7.02. The molecular formula is C9H6Cl2O4S. The lowest BCUT2D eigenvalue weighted by Crippen LogP contribution is -2.15. The van der Waals surface area contributed by atoms with Crippen molar-refractivity contribution < 1.29 is 17.9 Å². The number of carbonyl (C=O) groups is 1. The van der Waals surface area contributed by atoms with Gasteiger partial charge in [0.05, 0.1) is 17.2 Å². The summed E-state index contributed by atoms with van der Waals surface area (Å²) in [5.74, 6) is 0.116. The van der Waals surface area contributed by atoms with Gasteiger partial charge in [-0.3, -0.25) is 4.79 Å². The number of fused-ring (bicyclic) bond motifs is 1. The summed E-state index contributed by atoms with van der Waals surface area (Å²) in [6.45, 7) is 0.273. The summed E-state index contributed by atoms with van der Waals surface area (Å²) in [4.78, 5) is 11.2. The average molecular weight is 281 g/mol. The van der Waals surface area contributed by atoms with Crippen LogP contribution in [0, 0.1) is 0 Å². The maximum atomic E-state index is 11.5. The molecule has 1 aliphatic heterocycles. The molecule has 4 nitrogen and oxygen atoms in total. The standard InChI is InChI=1S/C9H6Cl2O4S/c10-6-4-8-5(7(12)1-2-15-8)3-9(6)16(11,13)14/h3-4H,1-2H2. The SMILES string of the molecule is O=C1CCOc2cc(Cl)c(S(=O)(=O)Cl)cc21. The number of ketones is 1. The van der Waals surface area contributed by atoms with E-state index in [-0.39, 0.29) is 34.3 Å². The van der Waals surface area contributed by atoms with Crippen molar-refractivity contribution in [2.24, 2.45) is 0 Å². The van der Waals surface area contributed by atoms with Crippen LogP contribution in [0.1, 0.15) is 16.8 Å². The van der Waals surface area contributed by atoms with Gasteiger partial charge in [0, 0.05) is 23.2 Å². The molecule has 0 saturated heterocycles. The van der Waals surface area contributed by atoms with E-state index in [1.54, 1.807) is 0 Å². The normalized spacial score (nSPS) is 15.5. The van der Waals surface area contributed by atoms with Crippen LogP contribution in [0.15, 0.2) is 17.0 Å². The molecule has 0 atom stereocenters. The highest BCUT2D eigenvalue weighted by atomic mass is 35.7. The van der Waals surface area contributed by atoms with Crippen LogP contribution in [0.25, 0.3) is 0 Å². The highest BCUT2D eigenvalue weighted by molar-refractivity contribution is 8.13. The Balaban J connectivity index is 2.68. The largest absolute Gasteiger partial charge is 0.492 e. The zero-order chi connectivity index (χ0) is 11.9. The summed E-state index contributed by atoms with van der Waals surface area (Å²) in [6.07, 6.45) is 0.219. The van der Waals surface area contributed by atoms with Crippen LogP contribution in [0.2, 0.25) is 5.02 Å². The third kappa shape index (κ3) is 2.03. The Morgan fingerprint density at radius 1 is 1.31 bits per heavy atom. The van der Waals surface area contributed by atoms with E-state index in [1.165, 1.54) is 6.07 Å². The van der Waals surface area contributed by atoms with Gasteiger partial charge in [0.25, 0.3) is 9.05 Å². The number of benzene rings is 1. The molecule has 1 heterocycles. The molecule has 0 aliphatic carbocycles. The third-order valence-electron chi connectivity index (χ3n) is 2.18. The summed E-state index contributed by atoms with van der Waals surface area (Å²) in [5.41, 5.74) is 0.204. The van der Waals surface area contributed by atoms with E-state index in [0.717, 1.165) is 6.07 Å². The Labute approximate surface area is 102 Å². The Hall–Kier alpha value is -0.780. The van der Waals surface area contributed by atoms with E-state index in [0.29, 0.717) is 5.75 Å². The molecule has 0 fully saturated rings. The minimum absolute atomic E-state index is 0.0524. The van der Waals surface area contributed by atoms with Crippen LogP contribution in [-0.2, 0) is 9.05 Å². The van der Waals surface area contributed by atoms with Crippen LogP contribution in [0.5, 0.6) is 5.75 Å². The molecule has 0 bridgehead atoms. The second-order valence-electron chi connectivity index (χ2n) is 3.24. The van der Waals surface area contributed by atoms with Gasteiger partial charge in [-0.15, -0.1) is 0 Å². The molecule has 86 valence electrons. The first-order chi connectivity index (χ1) is 7.39. The molecule has 1 aromatic carbocycles. The highest BCUT2D eigenvalue weighted by Gasteiger charge is 2.24. The lowest BCUT2D eigenvalue weighted by atomic mass is 10.1. The van der Waals surface area contributed by atoms with Crippen molar-refractivity contribution in [2.45, 2.75) is 11.3 Å². The topological polar surface area (TPSA) is 60.4 Å². The minimum Gasteiger partial charge on any atom is -0.492 e. The lowest BCUT2D eigenvalue weighted by Gasteiger charge is -2.17. The average Bonchev–Trinajstić information content (AvgIpc) is 2.15. The predicted molar refractivity (Wildman–Crippen MR) is 58.9 cm³/mol. The summed E-state index contributed by atoms with van der Waals surface area (Å²) in [7, 11) is 1.23. The van der Waals surface area contributed by atoms with Crippen LogP contribution >= 0.6 is 22.3 Å².